The van der Waals surface area contributed by atoms with Crippen LogP contribution in [-0.4, -0.2) is 34.8 Å². The van der Waals surface area contributed by atoms with Crippen molar-refractivity contribution in [3.63, 3.8) is 0 Å². The highest BCUT2D eigenvalue weighted by Gasteiger charge is 2.26. The maximum Gasteiger partial charge on any atom is 0.272 e. The van der Waals surface area contributed by atoms with Crippen LogP contribution in [0.4, 0.5) is 5.69 Å². The van der Waals surface area contributed by atoms with Gasteiger partial charge in [0, 0.05) is 34.6 Å². The predicted octanol–water partition coefficient (Wildman–Crippen LogP) is 4.62. The first kappa shape index (κ1) is 17.6. The quantitative estimate of drug-likeness (QED) is 0.695. The van der Waals surface area contributed by atoms with Crippen LogP contribution in [0.5, 0.6) is 0 Å². The molecule has 138 valence electrons. The third-order valence-electron chi connectivity index (χ3n) is 4.91. The van der Waals surface area contributed by atoms with Crippen LogP contribution in [0.3, 0.4) is 0 Å². The number of benzene rings is 2. The van der Waals surface area contributed by atoms with E-state index in [9.17, 15) is 9.59 Å². The number of aromatic nitrogens is 1. The Morgan fingerprint density at radius 1 is 1.07 bits per heavy atom. The molecule has 2 amide bonds. The van der Waals surface area contributed by atoms with Gasteiger partial charge < -0.3 is 15.2 Å². The number of aryl methyl sites for hydroxylation is 1. The second kappa shape index (κ2) is 7.08. The molecule has 1 fully saturated rings. The van der Waals surface area contributed by atoms with Gasteiger partial charge in [0.2, 0.25) is 0 Å². The van der Waals surface area contributed by atoms with E-state index in [1.807, 2.05) is 30.0 Å². The zero-order chi connectivity index (χ0) is 19.0. The SMILES string of the molecule is Cc1ccc2[nH]c(C(=O)N3CCCC3)c(NC(=O)c3ccc(Cl)cc3)c2c1. The van der Waals surface area contributed by atoms with Crippen LogP contribution >= 0.6 is 11.6 Å². The first-order valence-corrected chi connectivity index (χ1v) is 9.39. The van der Waals surface area contributed by atoms with E-state index in [2.05, 4.69) is 10.3 Å². The Morgan fingerprint density at radius 3 is 2.48 bits per heavy atom. The molecule has 0 bridgehead atoms. The molecule has 0 radical (unpaired) electrons. The van der Waals surface area contributed by atoms with Crippen molar-refractivity contribution >= 4 is 40.0 Å². The molecule has 1 aliphatic heterocycles. The van der Waals surface area contributed by atoms with Crippen LogP contribution in [0, 0.1) is 6.92 Å². The number of anilines is 1. The normalized spacial score (nSPS) is 13.9. The van der Waals surface area contributed by atoms with Crippen molar-refractivity contribution in [2.45, 2.75) is 19.8 Å². The number of rotatable bonds is 3. The summed E-state index contributed by atoms with van der Waals surface area (Å²) in [6.07, 6.45) is 2.02. The zero-order valence-electron chi connectivity index (χ0n) is 15.0. The summed E-state index contributed by atoms with van der Waals surface area (Å²) in [5.41, 5.74) is 3.34. The molecule has 0 atom stereocenters. The summed E-state index contributed by atoms with van der Waals surface area (Å²) in [5.74, 6) is -0.350. The molecule has 4 rings (SSSR count). The molecule has 0 saturated carbocycles. The highest BCUT2D eigenvalue weighted by Crippen LogP contribution is 2.31. The first-order valence-electron chi connectivity index (χ1n) is 9.01. The fourth-order valence-electron chi connectivity index (χ4n) is 3.46. The number of carbonyl (C=O) groups is 2. The lowest BCUT2D eigenvalue weighted by Gasteiger charge is -2.15. The van der Waals surface area contributed by atoms with E-state index in [1.54, 1.807) is 24.3 Å². The Morgan fingerprint density at radius 2 is 1.78 bits per heavy atom. The van der Waals surface area contributed by atoms with Crippen LogP contribution in [-0.2, 0) is 0 Å². The topological polar surface area (TPSA) is 65.2 Å². The monoisotopic (exact) mass is 381 g/mol. The fraction of sp³-hybridized carbons (Fsp3) is 0.238. The van der Waals surface area contributed by atoms with Gasteiger partial charge in [-0.15, -0.1) is 0 Å². The Kier molecular flexibility index (Phi) is 4.62. The van der Waals surface area contributed by atoms with E-state index >= 15 is 0 Å². The number of carbonyl (C=O) groups excluding carboxylic acids is 2. The summed E-state index contributed by atoms with van der Waals surface area (Å²) in [6, 6.07) is 12.6. The number of amides is 2. The summed E-state index contributed by atoms with van der Waals surface area (Å²) in [4.78, 5) is 30.8. The second-order valence-electron chi connectivity index (χ2n) is 6.88. The minimum absolute atomic E-state index is 0.0761. The summed E-state index contributed by atoms with van der Waals surface area (Å²) >= 11 is 5.91. The number of nitrogens with one attached hydrogen (secondary N) is 2. The maximum atomic E-state index is 13.0. The molecular formula is C21H20ClN3O2. The van der Waals surface area contributed by atoms with E-state index in [-0.39, 0.29) is 11.8 Å². The van der Waals surface area contributed by atoms with Crippen molar-refractivity contribution in [3.05, 3.63) is 64.3 Å². The maximum absolute atomic E-state index is 13.0. The van der Waals surface area contributed by atoms with Gasteiger partial charge in [0.1, 0.15) is 5.69 Å². The van der Waals surface area contributed by atoms with Crippen molar-refractivity contribution < 1.29 is 9.59 Å². The van der Waals surface area contributed by atoms with Crippen LogP contribution in [0.25, 0.3) is 10.9 Å². The van der Waals surface area contributed by atoms with Crippen LogP contribution in [0.1, 0.15) is 39.3 Å². The summed E-state index contributed by atoms with van der Waals surface area (Å²) in [7, 11) is 0. The average molecular weight is 382 g/mol. The van der Waals surface area contributed by atoms with Gasteiger partial charge in [-0.05, 0) is 56.2 Å². The molecule has 0 unspecified atom stereocenters. The van der Waals surface area contributed by atoms with Gasteiger partial charge in [-0.2, -0.15) is 0 Å². The predicted molar refractivity (Wildman–Crippen MR) is 108 cm³/mol. The first-order chi connectivity index (χ1) is 13.0. The van der Waals surface area contributed by atoms with E-state index < -0.39 is 0 Å². The average Bonchev–Trinajstić information content (AvgIpc) is 3.30. The van der Waals surface area contributed by atoms with E-state index in [4.69, 9.17) is 11.6 Å². The molecule has 1 aromatic heterocycles. The van der Waals surface area contributed by atoms with Crippen molar-refractivity contribution in [1.82, 2.24) is 9.88 Å². The Labute approximate surface area is 162 Å². The third-order valence-corrected chi connectivity index (χ3v) is 5.16. The number of nitrogens with zero attached hydrogens (tertiary/aromatic N) is 1. The Bertz CT molecular complexity index is 1020. The van der Waals surface area contributed by atoms with Crippen molar-refractivity contribution in [2.24, 2.45) is 0 Å². The highest BCUT2D eigenvalue weighted by atomic mass is 35.5. The molecule has 27 heavy (non-hydrogen) atoms. The molecule has 2 aromatic carbocycles. The fourth-order valence-corrected chi connectivity index (χ4v) is 3.59. The summed E-state index contributed by atoms with van der Waals surface area (Å²) in [6.45, 7) is 3.48. The van der Waals surface area contributed by atoms with Gasteiger partial charge in [-0.1, -0.05) is 23.2 Å². The largest absolute Gasteiger partial charge is 0.349 e. The number of aromatic amines is 1. The summed E-state index contributed by atoms with van der Waals surface area (Å²) < 4.78 is 0. The van der Waals surface area contributed by atoms with Crippen molar-refractivity contribution in [3.8, 4) is 0 Å². The Balaban J connectivity index is 1.75. The number of hydrogen-bond acceptors (Lipinski definition) is 2. The molecule has 2 N–H and O–H groups in total. The molecule has 3 aromatic rings. The molecule has 5 nitrogen and oxygen atoms in total. The molecule has 0 spiro atoms. The lowest BCUT2D eigenvalue weighted by atomic mass is 10.1. The van der Waals surface area contributed by atoms with Crippen LogP contribution in [0.15, 0.2) is 42.5 Å². The molecular weight excluding hydrogens is 362 g/mol. The van der Waals surface area contributed by atoms with Crippen molar-refractivity contribution in [1.29, 1.82) is 0 Å². The smallest absolute Gasteiger partial charge is 0.272 e. The number of hydrogen-bond donors (Lipinski definition) is 2. The molecule has 6 heteroatoms. The minimum Gasteiger partial charge on any atom is -0.349 e. The third kappa shape index (κ3) is 3.43. The van der Waals surface area contributed by atoms with E-state index in [0.717, 1.165) is 42.4 Å². The number of halogens is 1. The van der Waals surface area contributed by atoms with Crippen LogP contribution in [0.2, 0.25) is 5.02 Å². The minimum atomic E-state index is -0.274. The zero-order valence-corrected chi connectivity index (χ0v) is 15.8. The highest BCUT2D eigenvalue weighted by molar-refractivity contribution is 6.30. The lowest BCUT2D eigenvalue weighted by molar-refractivity contribution is 0.0789. The number of H-pyrrole nitrogens is 1. The number of fused-ring (bicyclic) bond motifs is 1. The van der Waals surface area contributed by atoms with Gasteiger partial charge in [0.05, 0.1) is 5.69 Å². The van der Waals surface area contributed by atoms with Gasteiger partial charge >= 0.3 is 0 Å². The van der Waals surface area contributed by atoms with E-state index in [1.165, 1.54) is 0 Å². The van der Waals surface area contributed by atoms with Crippen molar-refractivity contribution in [2.75, 3.05) is 18.4 Å². The number of likely N-dealkylation sites (tertiary alicyclic amines) is 1. The standard InChI is InChI=1S/C21H20ClN3O2/c1-13-4-9-17-16(12-13)18(19(23-17)21(27)25-10-2-3-11-25)24-20(26)14-5-7-15(22)8-6-14/h4-9,12,23H,2-3,10-11H2,1H3,(H,24,26). The summed E-state index contributed by atoms with van der Waals surface area (Å²) in [5, 5.41) is 4.34. The van der Waals surface area contributed by atoms with E-state index in [0.29, 0.717) is 22.0 Å². The van der Waals surface area contributed by atoms with Gasteiger partial charge in [0.25, 0.3) is 11.8 Å². The Hall–Kier alpha value is -2.79. The van der Waals surface area contributed by atoms with Gasteiger partial charge in [-0.3, -0.25) is 9.59 Å². The lowest BCUT2D eigenvalue weighted by Crippen LogP contribution is -2.29. The molecule has 1 aliphatic rings. The molecule has 2 heterocycles. The van der Waals surface area contributed by atoms with Gasteiger partial charge in [0.15, 0.2) is 0 Å². The molecule has 1 saturated heterocycles. The molecule has 0 aliphatic carbocycles. The van der Waals surface area contributed by atoms with Gasteiger partial charge in [-0.25, -0.2) is 0 Å². The second-order valence-corrected chi connectivity index (χ2v) is 7.32. The van der Waals surface area contributed by atoms with Crippen LogP contribution < -0.4 is 5.32 Å².